The minimum atomic E-state index is -0.706. The number of methoxy groups -OCH3 is 2. The van der Waals surface area contributed by atoms with E-state index < -0.39 is 11.9 Å². The van der Waals surface area contributed by atoms with Gasteiger partial charge < -0.3 is 23.7 Å². The third-order valence-corrected chi connectivity index (χ3v) is 5.08. The molecular weight excluding hydrogens is 494 g/mol. The second-order valence-corrected chi connectivity index (χ2v) is 7.39. The quantitative estimate of drug-likeness (QED) is 0.314. The molecule has 0 aromatic heterocycles. The number of carbonyl (C=O) groups excluding carboxylic acids is 2. The van der Waals surface area contributed by atoms with Crippen LogP contribution >= 0.6 is 46.4 Å². The number of benzene rings is 2. The molecule has 2 aromatic rings. The number of ether oxygens (including phenoxy) is 5. The molecule has 0 spiro atoms. The Hall–Kier alpha value is -1.90. The number of carbonyl (C=O) groups is 2. The van der Waals surface area contributed by atoms with E-state index in [0.717, 1.165) is 0 Å². The normalized spacial score (nSPS) is 10.5. The second kappa shape index (κ2) is 12.2. The van der Waals surface area contributed by atoms with E-state index in [9.17, 15) is 9.59 Å². The summed E-state index contributed by atoms with van der Waals surface area (Å²) in [5.74, 6) is -1.16. The van der Waals surface area contributed by atoms with E-state index in [1.54, 1.807) is 0 Å². The van der Waals surface area contributed by atoms with Crippen molar-refractivity contribution in [2.75, 3.05) is 40.6 Å². The van der Waals surface area contributed by atoms with Crippen LogP contribution < -0.4 is 9.47 Å². The Kier molecular flexibility index (Phi) is 9.99. The molecule has 0 bridgehead atoms. The van der Waals surface area contributed by atoms with E-state index in [0.29, 0.717) is 0 Å². The summed E-state index contributed by atoms with van der Waals surface area (Å²) in [5, 5.41) is 0.755. The molecule has 11 heteroatoms. The van der Waals surface area contributed by atoms with E-state index >= 15 is 0 Å². The molecule has 2 aromatic carbocycles. The maximum absolute atomic E-state index is 12.2. The van der Waals surface area contributed by atoms with Crippen LogP contribution in [0.25, 0.3) is 0 Å². The average Bonchev–Trinajstić information content (AvgIpc) is 2.75. The maximum Gasteiger partial charge on any atom is 0.343 e. The zero-order valence-electron chi connectivity index (χ0n) is 16.5. The summed E-state index contributed by atoms with van der Waals surface area (Å²) in [7, 11) is 2.73. The van der Waals surface area contributed by atoms with Crippen LogP contribution in [0.2, 0.25) is 20.1 Å². The largest absolute Gasteiger partial charge is 0.494 e. The van der Waals surface area contributed by atoms with Gasteiger partial charge in [0.25, 0.3) is 0 Å². The Morgan fingerprint density at radius 1 is 0.645 bits per heavy atom. The summed E-state index contributed by atoms with van der Waals surface area (Å²) in [6.07, 6.45) is 0. The molecule has 0 radical (unpaired) electrons. The van der Waals surface area contributed by atoms with Crippen molar-refractivity contribution in [3.63, 3.8) is 0 Å². The summed E-state index contributed by atoms with van der Waals surface area (Å²) in [6, 6.07) is 5.95. The fraction of sp³-hybridized carbons (Fsp3) is 0.300. The van der Waals surface area contributed by atoms with Gasteiger partial charge >= 0.3 is 11.9 Å². The predicted molar refractivity (Wildman–Crippen MR) is 117 cm³/mol. The van der Waals surface area contributed by atoms with Crippen molar-refractivity contribution in [2.24, 2.45) is 0 Å². The van der Waals surface area contributed by atoms with Crippen molar-refractivity contribution < 1.29 is 33.3 Å². The molecule has 2 rings (SSSR count). The van der Waals surface area contributed by atoms with E-state index in [1.807, 2.05) is 0 Å². The lowest BCUT2D eigenvalue weighted by Gasteiger charge is -2.13. The number of rotatable bonds is 10. The highest BCUT2D eigenvalue weighted by molar-refractivity contribution is 6.37. The van der Waals surface area contributed by atoms with Crippen LogP contribution in [0.15, 0.2) is 24.3 Å². The molecule has 0 fully saturated rings. The van der Waals surface area contributed by atoms with Gasteiger partial charge in [-0.05, 0) is 24.3 Å². The first-order valence-corrected chi connectivity index (χ1v) is 10.3. The van der Waals surface area contributed by atoms with Crippen LogP contribution in [0.1, 0.15) is 20.7 Å². The lowest BCUT2D eigenvalue weighted by Crippen LogP contribution is -2.16. The van der Waals surface area contributed by atoms with E-state index in [2.05, 4.69) is 0 Å². The van der Waals surface area contributed by atoms with Gasteiger partial charge in [-0.2, -0.15) is 0 Å². The molecule has 0 amide bonds. The Bertz CT molecular complexity index is 874. The summed E-state index contributed by atoms with van der Waals surface area (Å²) in [6.45, 7) is -0.00446. The molecule has 0 saturated heterocycles. The Balaban J connectivity index is 1.77. The van der Waals surface area contributed by atoms with Crippen molar-refractivity contribution in [3.05, 3.63) is 55.5 Å². The predicted octanol–water partition coefficient (Wildman–Crippen LogP) is 5.35. The monoisotopic (exact) mass is 510 g/mol. The lowest BCUT2D eigenvalue weighted by molar-refractivity contribution is 0.0149. The molecule has 0 unspecified atom stereocenters. The second-order valence-electron chi connectivity index (χ2n) is 5.76. The number of hydrogen-bond acceptors (Lipinski definition) is 7. The lowest BCUT2D eigenvalue weighted by atomic mass is 10.2. The first kappa shape index (κ1) is 25.4. The zero-order chi connectivity index (χ0) is 23.0. The molecule has 0 saturated carbocycles. The highest BCUT2D eigenvalue weighted by Crippen LogP contribution is 2.35. The van der Waals surface area contributed by atoms with E-state index in [-0.39, 0.29) is 69.1 Å². The van der Waals surface area contributed by atoms with Gasteiger partial charge in [0.2, 0.25) is 0 Å². The molecular formula is C20H18Cl4O7. The smallest absolute Gasteiger partial charge is 0.343 e. The van der Waals surface area contributed by atoms with Gasteiger partial charge in [0.05, 0.1) is 47.5 Å². The van der Waals surface area contributed by atoms with Gasteiger partial charge in [-0.25, -0.2) is 9.59 Å². The minimum Gasteiger partial charge on any atom is -0.494 e. The summed E-state index contributed by atoms with van der Waals surface area (Å²) in [5.41, 5.74) is 0.0517. The van der Waals surface area contributed by atoms with Gasteiger partial charge in [0, 0.05) is 0 Å². The van der Waals surface area contributed by atoms with Gasteiger partial charge in [-0.1, -0.05) is 46.4 Å². The standard InChI is InChI=1S/C20H18Cl4O7/c1-27-17-13(23)5-3-11(21)15(17)19(25)30-9-7-29-8-10-31-20(26)16-12(22)4-6-14(24)18(16)28-2/h3-6H,7-10H2,1-2H3. The van der Waals surface area contributed by atoms with Crippen molar-refractivity contribution in [1.29, 1.82) is 0 Å². The van der Waals surface area contributed by atoms with Crippen molar-refractivity contribution in [2.45, 2.75) is 0 Å². The molecule has 168 valence electrons. The SMILES string of the molecule is COc1c(Cl)ccc(Cl)c1C(=O)OCCOCCOC(=O)c1c(Cl)ccc(Cl)c1OC. The molecule has 0 aliphatic rings. The highest BCUT2D eigenvalue weighted by atomic mass is 35.5. The fourth-order valence-electron chi connectivity index (χ4n) is 2.48. The van der Waals surface area contributed by atoms with Crippen molar-refractivity contribution in [3.8, 4) is 11.5 Å². The van der Waals surface area contributed by atoms with E-state index in [1.165, 1.54) is 38.5 Å². The molecule has 0 heterocycles. The third kappa shape index (κ3) is 6.54. The molecule has 0 N–H and O–H groups in total. The van der Waals surface area contributed by atoms with Gasteiger partial charge in [0.15, 0.2) is 11.5 Å². The van der Waals surface area contributed by atoms with Crippen LogP contribution in [-0.4, -0.2) is 52.6 Å². The third-order valence-electron chi connectivity index (χ3n) is 3.86. The van der Waals surface area contributed by atoms with Crippen molar-refractivity contribution >= 4 is 58.3 Å². The Morgan fingerprint density at radius 3 is 1.35 bits per heavy atom. The average molecular weight is 512 g/mol. The fourth-order valence-corrected chi connectivity index (χ4v) is 3.40. The first-order valence-electron chi connectivity index (χ1n) is 8.77. The summed E-state index contributed by atoms with van der Waals surface area (Å²) in [4.78, 5) is 24.5. The van der Waals surface area contributed by atoms with Crippen LogP contribution in [0.4, 0.5) is 0 Å². The number of halogens is 4. The molecule has 0 aliphatic heterocycles. The van der Waals surface area contributed by atoms with Gasteiger partial charge in [-0.3, -0.25) is 0 Å². The molecule has 0 aliphatic carbocycles. The van der Waals surface area contributed by atoms with Crippen LogP contribution in [-0.2, 0) is 14.2 Å². The Labute approximate surface area is 199 Å². The maximum atomic E-state index is 12.2. The number of esters is 2. The van der Waals surface area contributed by atoms with Crippen LogP contribution in [0.5, 0.6) is 11.5 Å². The van der Waals surface area contributed by atoms with Crippen molar-refractivity contribution in [1.82, 2.24) is 0 Å². The topological polar surface area (TPSA) is 80.3 Å². The Morgan fingerprint density at radius 2 is 1.00 bits per heavy atom. The van der Waals surface area contributed by atoms with Crippen LogP contribution in [0.3, 0.4) is 0 Å². The molecule has 31 heavy (non-hydrogen) atoms. The van der Waals surface area contributed by atoms with Gasteiger partial charge in [-0.15, -0.1) is 0 Å². The first-order chi connectivity index (χ1) is 14.8. The van der Waals surface area contributed by atoms with Crippen LogP contribution in [0, 0.1) is 0 Å². The highest BCUT2D eigenvalue weighted by Gasteiger charge is 2.22. The molecule has 7 nitrogen and oxygen atoms in total. The summed E-state index contributed by atoms with van der Waals surface area (Å²) < 4.78 is 25.7. The van der Waals surface area contributed by atoms with E-state index in [4.69, 9.17) is 70.1 Å². The van der Waals surface area contributed by atoms with Gasteiger partial charge in [0.1, 0.15) is 24.3 Å². The summed E-state index contributed by atoms with van der Waals surface area (Å²) >= 11 is 24.0. The zero-order valence-corrected chi connectivity index (χ0v) is 19.5. The number of hydrogen-bond donors (Lipinski definition) is 0. The molecule has 0 atom stereocenters. The minimum absolute atomic E-state index is 0.0259.